The molecule has 1 unspecified atom stereocenters. The van der Waals surface area contributed by atoms with Crippen LogP contribution in [0, 0.1) is 0 Å². The smallest absolute Gasteiger partial charge is 0.191 e. The van der Waals surface area contributed by atoms with Crippen molar-refractivity contribution < 1.29 is 9.47 Å². The minimum atomic E-state index is 0.321. The van der Waals surface area contributed by atoms with Crippen molar-refractivity contribution in [2.24, 2.45) is 4.99 Å². The minimum Gasteiger partial charge on any atom is -0.497 e. The van der Waals surface area contributed by atoms with Gasteiger partial charge in [0, 0.05) is 56.1 Å². The van der Waals surface area contributed by atoms with Gasteiger partial charge >= 0.3 is 0 Å². The molecule has 0 saturated carbocycles. The lowest BCUT2D eigenvalue weighted by Crippen LogP contribution is -2.44. The Labute approximate surface area is 192 Å². The van der Waals surface area contributed by atoms with Crippen LogP contribution in [-0.4, -0.2) is 64.9 Å². The zero-order chi connectivity index (χ0) is 22.9. The largest absolute Gasteiger partial charge is 0.497 e. The maximum Gasteiger partial charge on any atom is 0.191 e. The molecule has 0 amide bonds. The summed E-state index contributed by atoms with van der Waals surface area (Å²) in [6, 6.07) is 14.9. The number of methoxy groups -OCH3 is 2. The molecule has 1 heterocycles. The summed E-state index contributed by atoms with van der Waals surface area (Å²) in [5.41, 5.74) is 3.69. The lowest BCUT2D eigenvalue weighted by Gasteiger charge is -2.21. The van der Waals surface area contributed by atoms with Crippen LogP contribution in [0.1, 0.15) is 24.5 Å². The van der Waals surface area contributed by atoms with Crippen LogP contribution in [0.15, 0.2) is 47.5 Å². The van der Waals surface area contributed by atoms with Gasteiger partial charge in [0.15, 0.2) is 5.96 Å². The second-order valence-electron chi connectivity index (χ2n) is 8.35. The zero-order valence-electron chi connectivity index (χ0n) is 20.0. The van der Waals surface area contributed by atoms with Crippen molar-refractivity contribution in [2.45, 2.75) is 32.5 Å². The molecule has 7 nitrogen and oxygen atoms in total. The molecule has 0 aromatic heterocycles. The number of hydrogen-bond acceptors (Lipinski definition) is 5. The molecule has 3 rings (SSSR count). The van der Waals surface area contributed by atoms with Crippen molar-refractivity contribution >= 4 is 11.6 Å². The number of aliphatic imine (C=N–C) groups is 1. The number of rotatable bonds is 9. The first-order chi connectivity index (χ1) is 15.5. The lowest BCUT2D eigenvalue weighted by atomic mass is 10.1. The summed E-state index contributed by atoms with van der Waals surface area (Å²) >= 11 is 0. The fraction of sp³-hybridized carbons (Fsp3) is 0.480. The van der Waals surface area contributed by atoms with Crippen LogP contribution in [0.5, 0.6) is 11.5 Å². The van der Waals surface area contributed by atoms with Crippen molar-refractivity contribution in [1.82, 2.24) is 15.5 Å². The molecule has 174 valence electrons. The normalized spacial score (nSPS) is 16.4. The molecule has 0 radical (unpaired) electrons. The summed E-state index contributed by atoms with van der Waals surface area (Å²) < 4.78 is 10.9. The van der Waals surface area contributed by atoms with E-state index in [4.69, 9.17) is 14.5 Å². The fourth-order valence-electron chi connectivity index (χ4n) is 3.97. The summed E-state index contributed by atoms with van der Waals surface area (Å²) in [6.45, 7) is 6.37. The predicted octanol–water partition coefficient (Wildman–Crippen LogP) is 3.10. The first-order valence-electron chi connectivity index (χ1n) is 11.3. The van der Waals surface area contributed by atoms with Gasteiger partial charge in [-0.2, -0.15) is 0 Å². The highest BCUT2D eigenvalue weighted by Crippen LogP contribution is 2.30. The first-order valence-corrected chi connectivity index (χ1v) is 11.3. The standard InChI is InChI=1S/C25H37N5O2/c1-6-26-25(27-16-19-9-7-8-10-20(19)17-29(2)3)28-21-11-12-30(18-21)22-13-23(31-4)15-24(14-22)32-5/h7-10,13-15,21H,6,11-12,16-18H2,1-5H3,(H2,26,27,28). The third-order valence-electron chi connectivity index (χ3n) is 5.59. The maximum absolute atomic E-state index is 5.43. The highest BCUT2D eigenvalue weighted by Gasteiger charge is 2.24. The van der Waals surface area contributed by atoms with E-state index in [2.05, 4.69) is 77.9 Å². The maximum atomic E-state index is 5.43. The Morgan fingerprint density at radius 2 is 1.78 bits per heavy atom. The molecule has 2 aromatic carbocycles. The van der Waals surface area contributed by atoms with Gasteiger partial charge in [0.05, 0.1) is 20.8 Å². The SMILES string of the molecule is CCNC(=NCc1ccccc1CN(C)C)NC1CCN(c2cc(OC)cc(OC)c2)C1. The van der Waals surface area contributed by atoms with E-state index in [0.29, 0.717) is 12.6 Å². The Bertz CT molecular complexity index is 877. The molecule has 1 saturated heterocycles. The number of hydrogen-bond donors (Lipinski definition) is 2. The minimum absolute atomic E-state index is 0.321. The van der Waals surface area contributed by atoms with E-state index in [1.54, 1.807) is 14.2 Å². The topological polar surface area (TPSA) is 61.4 Å². The Morgan fingerprint density at radius 1 is 1.09 bits per heavy atom. The van der Waals surface area contributed by atoms with Gasteiger partial charge in [-0.25, -0.2) is 4.99 Å². The van der Waals surface area contributed by atoms with E-state index in [-0.39, 0.29) is 0 Å². The monoisotopic (exact) mass is 439 g/mol. The van der Waals surface area contributed by atoms with Gasteiger partial charge in [-0.1, -0.05) is 24.3 Å². The Kier molecular flexibility index (Phi) is 8.62. The molecular formula is C25H37N5O2. The molecule has 1 aliphatic rings. The average molecular weight is 440 g/mol. The second-order valence-corrected chi connectivity index (χ2v) is 8.35. The number of nitrogens with one attached hydrogen (secondary N) is 2. The quantitative estimate of drug-likeness (QED) is 0.463. The summed E-state index contributed by atoms with van der Waals surface area (Å²) in [5.74, 6) is 2.48. The fourth-order valence-corrected chi connectivity index (χ4v) is 3.97. The van der Waals surface area contributed by atoms with Gasteiger partial charge in [0.1, 0.15) is 11.5 Å². The van der Waals surface area contributed by atoms with Crippen LogP contribution in [0.4, 0.5) is 5.69 Å². The van der Waals surface area contributed by atoms with Gasteiger partial charge in [0.25, 0.3) is 0 Å². The van der Waals surface area contributed by atoms with Crippen LogP contribution < -0.4 is 25.0 Å². The van der Waals surface area contributed by atoms with Crippen LogP contribution in [0.3, 0.4) is 0 Å². The highest BCUT2D eigenvalue weighted by molar-refractivity contribution is 5.80. The molecule has 0 spiro atoms. The first kappa shape index (κ1) is 23.7. The second kappa shape index (κ2) is 11.6. The van der Waals surface area contributed by atoms with E-state index < -0.39 is 0 Å². The van der Waals surface area contributed by atoms with Crippen LogP contribution in [-0.2, 0) is 13.1 Å². The third kappa shape index (κ3) is 6.53. The molecule has 2 N–H and O–H groups in total. The summed E-state index contributed by atoms with van der Waals surface area (Å²) in [7, 11) is 7.55. The number of guanidine groups is 1. The van der Waals surface area contributed by atoms with Crippen molar-refractivity contribution in [3.63, 3.8) is 0 Å². The average Bonchev–Trinajstić information content (AvgIpc) is 3.26. The van der Waals surface area contributed by atoms with Crippen molar-refractivity contribution in [2.75, 3.05) is 52.8 Å². The number of nitrogens with zero attached hydrogens (tertiary/aromatic N) is 3. The Hall–Kier alpha value is -2.93. The summed E-state index contributed by atoms with van der Waals surface area (Å²) in [6.07, 6.45) is 1.04. The van der Waals surface area contributed by atoms with E-state index >= 15 is 0 Å². The van der Waals surface area contributed by atoms with Crippen LogP contribution in [0.25, 0.3) is 0 Å². The number of benzene rings is 2. The lowest BCUT2D eigenvalue weighted by molar-refractivity contribution is 0.394. The van der Waals surface area contributed by atoms with Gasteiger partial charge in [-0.15, -0.1) is 0 Å². The molecule has 0 bridgehead atoms. The molecule has 1 fully saturated rings. The highest BCUT2D eigenvalue weighted by atomic mass is 16.5. The Morgan fingerprint density at radius 3 is 2.41 bits per heavy atom. The van der Waals surface area contributed by atoms with E-state index in [9.17, 15) is 0 Å². The predicted molar refractivity (Wildman–Crippen MR) is 132 cm³/mol. The van der Waals surface area contributed by atoms with Crippen molar-refractivity contribution in [3.05, 3.63) is 53.6 Å². The van der Waals surface area contributed by atoms with E-state index in [1.165, 1.54) is 11.1 Å². The molecule has 7 heteroatoms. The van der Waals surface area contributed by atoms with Gasteiger partial charge in [0.2, 0.25) is 0 Å². The molecular weight excluding hydrogens is 402 g/mol. The molecule has 1 atom stereocenters. The van der Waals surface area contributed by atoms with Gasteiger partial charge in [-0.05, 0) is 38.6 Å². The number of ether oxygens (including phenoxy) is 2. The van der Waals surface area contributed by atoms with Crippen LogP contribution in [0.2, 0.25) is 0 Å². The van der Waals surface area contributed by atoms with Crippen LogP contribution >= 0.6 is 0 Å². The van der Waals surface area contributed by atoms with E-state index in [1.807, 2.05) is 6.07 Å². The Balaban J connectivity index is 1.66. The number of anilines is 1. The van der Waals surface area contributed by atoms with Gasteiger partial charge in [-0.3, -0.25) is 0 Å². The zero-order valence-corrected chi connectivity index (χ0v) is 20.0. The summed E-state index contributed by atoms with van der Waals surface area (Å²) in [5, 5.41) is 7.03. The molecule has 0 aliphatic carbocycles. The van der Waals surface area contributed by atoms with Gasteiger partial charge < -0.3 is 29.9 Å². The third-order valence-corrected chi connectivity index (χ3v) is 5.59. The molecule has 32 heavy (non-hydrogen) atoms. The summed E-state index contributed by atoms with van der Waals surface area (Å²) in [4.78, 5) is 9.43. The van der Waals surface area contributed by atoms with Crippen molar-refractivity contribution in [1.29, 1.82) is 0 Å². The van der Waals surface area contributed by atoms with Crippen molar-refractivity contribution in [3.8, 4) is 11.5 Å². The molecule has 2 aromatic rings. The molecule has 1 aliphatic heterocycles. The van der Waals surface area contributed by atoms with E-state index in [0.717, 1.165) is 55.7 Å².